The smallest absolute Gasteiger partial charge is 0.161 e. The normalized spacial score (nSPS) is 34.2. The molecule has 0 spiro atoms. The van der Waals surface area contributed by atoms with Gasteiger partial charge in [-0.1, -0.05) is 19.1 Å². The minimum Gasteiger partial charge on any atom is -0.393 e. The summed E-state index contributed by atoms with van der Waals surface area (Å²) in [5.41, 5.74) is 0. The number of hydrogen-bond acceptors (Lipinski definition) is 4. The fourth-order valence-corrected chi connectivity index (χ4v) is 3.65. The van der Waals surface area contributed by atoms with Crippen LogP contribution in [0.15, 0.2) is 12.2 Å². The molecule has 1 heterocycles. The van der Waals surface area contributed by atoms with Gasteiger partial charge in [0.05, 0.1) is 19.3 Å². The van der Waals surface area contributed by atoms with Crippen LogP contribution in [0.5, 0.6) is 0 Å². The Morgan fingerprint density at radius 2 is 1.95 bits per heavy atom. The SMILES string of the molecule is COCCCC/C=C\C[C@@H]1[C@@H](C2OCCO2)[C@H](C)C[C@@H]1O. The van der Waals surface area contributed by atoms with Crippen LogP contribution in [-0.4, -0.2) is 44.4 Å². The number of rotatable bonds is 8. The molecular formula is C17H30O4. The van der Waals surface area contributed by atoms with Gasteiger partial charge in [0.2, 0.25) is 0 Å². The molecule has 0 aromatic heterocycles. The van der Waals surface area contributed by atoms with Crippen molar-refractivity contribution in [1.29, 1.82) is 0 Å². The van der Waals surface area contributed by atoms with Crippen molar-refractivity contribution < 1.29 is 19.3 Å². The second-order valence-corrected chi connectivity index (χ2v) is 6.33. The Kier molecular flexibility index (Phi) is 7.17. The Hall–Kier alpha value is -0.420. The Labute approximate surface area is 128 Å². The Morgan fingerprint density at radius 3 is 2.67 bits per heavy atom. The van der Waals surface area contributed by atoms with Crippen molar-refractivity contribution >= 4 is 0 Å². The summed E-state index contributed by atoms with van der Waals surface area (Å²) in [6.07, 6.45) is 9.25. The van der Waals surface area contributed by atoms with Crippen molar-refractivity contribution in [2.75, 3.05) is 26.9 Å². The molecule has 1 N–H and O–H groups in total. The van der Waals surface area contributed by atoms with Crippen LogP contribution in [0.4, 0.5) is 0 Å². The molecular weight excluding hydrogens is 268 g/mol. The van der Waals surface area contributed by atoms with Crippen LogP contribution in [0.2, 0.25) is 0 Å². The van der Waals surface area contributed by atoms with E-state index in [9.17, 15) is 5.11 Å². The summed E-state index contributed by atoms with van der Waals surface area (Å²) in [6, 6.07) is 0. The predicted octanol–water partition coefficient (Wildman–Crippen LogP) is 2.76. The molecule has 21 heavy (non-hydrogen) atoms. The minimum absolute atomic E-state index is 0.114. The van der Waals surface area contributed by atoms with E-state index < -0.39 is 0 Å². The Morgan fingerprint density at radius 1 is 1.19 bits per heavy atom. The molecule has 2 rings (SSSR count). The highest BCUT2D eigenvalue weighted by atomic mass is 16.7. The molecule has 2 fully saturated rings. The maximum atomic E-state index is 10.3. The maximum Gasteiger partial charge on any atom is 0.161 e. The second-order valence-electron chi connectivity index (χ2n) is 6.33. The maximum absolute atomic E-state index is 10.3. The first-order valence-corrected chi connectivity index (χ1v) is 8.29. The molecule has 1 aliphatic carbocycles. The van der Waals surface area contributed by atoms with E-state index in [1.54, 1.807) is 7.11 Å². The van der Waals surface area contributed by atoms with Crippen LogP contribution < -0.4 is 0 Å². The number of methoxy groups -OCH3 is 1. The fourth-order valence-electron chi connectivity index (χ4n) is 3.65. The standard InChI is InChI=1S/C17H30O4/c1-13-12-15(18)14(16(13)17-20-10-11-21-17)8-6-4-3-5-7-9-19-2/h4,6,13-18H,3,5,7-12H2,1-2H3/b6-4-/t13-,14+,15+,16+/m1/s1. The van der Waals surface area contributed by atoms with E-state index >= 15 is 0 Å². The van der Waals surface area contributed by atoms with Crippen LogP contribution in [0.25, 0.3) is 0 Å². The average molecular weight is 298 g/mol. The molecule has 0 radical (unpaired) electrons. The van der Waals surface area contributed by atoms with E-state index in [0.717, 1.165) is 38.7 Å². The van der Waals surface area contributed by atoms with Gasteiger partial charge in [-0.25, -0.2) is 0 Å². The predicted molar refractivity (Wildman–Crippen MR) is 81.9 cm³/mol. The third kappa shape index (κ3) is 4.78. The zero-order valence-electron chi connectivity index (χ0n) is 13.4. The topological polar surface area (TPSA) is 47.9 Å². The zero-order chi connectivity index (χ0) is 15.1. The lowest BCUT2D eigenvalue weighted by molar-refractivity contribution is -0.108. The average Bonchev–Trinajstić information content (AvgIpc) is 3.06. The van der Waals surface area contributed by atoms with Gasteiger partial charge in [0.1, 0.15) is 0 Å². The van der Waals surface area contributed by atoms with Gasteiger partial charge in [-0.3, -0.25) is 0 Å². The van der Waals surface area contributed by atoms with E-state index in [2.05, 4.69) is 19.1 Å². The van der Waals surface area contributed by atoms with Gasteiger partial charge in [-0.05, 0) is 43.9 Å². The van der Waals surface area contributed by atoms with Gasteiger partial charge >= 0.3 is 0 Å². The summed E-state index contributed by atoms with van der Waals surface area (Å²) < 4.78 is 16.4. The second kappa shape index (κ2) is 8.89. The van der Waals surface area contributed by atoms with E-state index in [1.807, 2.05) is 0 Å². The number of aliphatic hydroxyl groups excluding tert-OH is 1. The lowest BCUT2D eigenvalue weighted by Crippen LogP contribution is -2.31. The lowest BCUT2D eigenvalue weighted by atomic mass is 9.87. The Balaban J connectivity index is 1.77. The summed E-state index contributed by atoms with van der Waals surface area (Å²) in [4.78, 5) is 0. The number of aliphatic hydroxyl groups is 1. The first-order chi connectivity index (χ1) is 10.2. The summed E-state index contributed by atoms with van der Waals surface area (Å²) in [5.74, 6) is 1.04. The lowest BCUT2D eigenvalue weighted by Gasteiger charge is -2.27. The van der Waals surface area contributed by atoms with Crippen LogP contribution in [-0.2, 0) is 14.2 Å². The molecule has 0 amide bonds. The summed E-state index contributed by atoms with van der Waals surface area (Å²) in [7, 11) is 1.74. The number of allylic oxidation sites excluding steroid dienone is 2. The van der Waals surface area contributed by atoms with Gasteiger partial charge in [-0.15, -0.1) is 0 Å². The monoisotopic (exact) mass is 298 g/mol. The summed E-state index contributed by atoms with van der Waals surface area (Å²) in [6.45, 7) is 4.41. The van der Waals surface area contributed by atoms with Crippen LogP contribution >= 0.6 is 0 Å². The summed E-state index contributed by atoms with van der Waals surface area (Å²) in [5, 5.41) is 10.3. The van der Waals surface area contributed by atoms with Crippen molar-refractivity contribution in [2.45, 2.75) is 51.4 Å². The molecule has 4 atom stereocenters. The number of ether oxygens (including phenoxy) is 3. The van der Waals surface area contributed by atoms with Crippen LogP contribution in [0, 0.1) is 17.8 Å². The van der Waals surface area contributed by atoms with E-state index in [-0.39, 0.29) is 18.3 Å². The van der Waals surface area contributed by atoms with E-state index in [1.165, 1.54) is 0 Å². The van der Waals surface area contributed by atoms with E-state index in [0.29, 0.717) is 25.0 Å². The largest absolute Gasteiger partial charge is 0.393 e. The van der Waals surface area contributed by atoms with Gasteiger partial charge in [-0.2, -0.15) is 0 Å². The summed E-state index contributed by atoms with van der Waals surface area (Å²) >= 11 is 0. The molecule has 1 saturated heterocycles. The Bertz CT molecular complexity index is 312. The molecule has 4 nitrogen and oxygen atoms in total. The van der Waals surface area contributed by atoms with Crippen molar-refractivity contribution in [3.63, 3.8) is 0 Å². The third-order valence-corrected chi connectivity index (χ3v) is 4.76. The van der Waals surface area contributed by atoms with Crippen LogP contribution in [0.3, 0.4) is 0 Å². The molecule has 0 aromatic rings. The fraction of sp³-hybridized carbons (Fsp3) is 0.882. The molecule has 0 bridgehead atoms. The highest BCUT2D eigenvalue weighted by molar-refractivity contribution is 4.96. The van der Waals surface area contributed by atoms with Crippen molar-refractivity contribution in [3.05, 3.63) is 12.2 Å². The minimum atomic E-state index is -0.226. The van der Waals surface area contributed by atoms with Gasteiger partial charge in [0.15, 0.2) is 6.29 Å². The highest BCUT2D eigenvalue weighted by Crippen LogP contribution is 2.43. The molecule has 0 unspecified atom stereocenters. The zero-order valence-corrected chi connectivity index (χ0v) is 13.4. The first-order valence-electron chi connectivity index (χ1n) is 8.29. The number of hydrogen-bond donors (Lipinski definition) is 1. The number of unbranched alkanes of at least 4 members (excludes halogenated alkanes) is 2. The van der Waals surface area contributed by atoms with Gasteiger partial charge in [0.25, 0.3) is 0 Å². The van der Waals surface area contributed by atoms with Crippen molar-refractivity contribution in [1.82, 2.24) is 0 Å². The molecule has 4 heteroatoms. The quantitative estimate of drug-likeness (QED) is 0.553. The molecule has 0 aromatic carbocycles. The molecule has 122 valence electrons. The van der Waals surface area contributed by atoms with Crippen LogP contribution in [0.1, 0.15) is 39.0 Å². The van der Waals surface area contributed by atoms with Gasteiger partial charge in [0, 0.05) is 19.6 Å². The third-order valence-electron chi connectivity index (χ3n) is 4.76. The van der Waals surface area contributed by atoms with Gasteiger partial charge < -0.3 is 19.3 Å². The molecule has 1 aliphatic heterocycles. The van der Waals surface area contributed by atoms with Crippen molar-refractivity contribution in [3.8, 4) is 0 Å². The molecule has 2 aliphatic rings. The first kappa shape index (κ1) is 16.9. The highest BCUT2D eigenvalue weighted by Gasteiger charge is 2.45. The molecule has 1 saturated carbocycles. The van der Waals surface area contributed by atoms with E-state index in [4.69, 9.17) is 14.2 Å². The van der Waals surface area contributed by atoms with Crippen molar-refractivity contribution in [2.24, 2.45) is 17.8 Å².